The van der Waals surface area contributed by atoms with Crippen LogP contribution in [0.1, 0.15) is 31.2 Å². The van der Waals surface area contributed by atoms with Crippen LogP contribution in [0.15, 0.2) is 28.7 Å². The maximum atomic E-state index is 12.1. The van der Waals surface area contributed by atoms with Crippen LogP contribution in [0.5, 0.6) is 0 Å². The molecule has 5 heteroatoms. The van der Waals surface area contributed by atoms with Crippen molar-refractivity contribution in [2.24, 2.45) is 5.92 Å². The van der Waals surface area contributed by atoms with Crippen molar-refractivity contribution in [3.05, 3.63) is 34.3 Å². The van der Waals surface area contributed by atoms with Crippen molar-refractivity contribution in [1.29, 1.82) is 0 Å². The summed E-state index contributed by atoms with van der Waals surface area (Å²) in [6, 6.07) is 7.85. The molecule has 0 unspecified atom stereocenters. The molecule has 1 aliphatic rings. The van der Waals surface area contributed by atoms with Crippen molar-refractivity contribution in [3.63, 3.8) is 0 Å². The second-order valence-electron chi connectivity index (χ2n) is 5.19. The van der Waals surface area contributed by atoms with Gasteiger partial charge in [-0.15, -0.1) is 0 Å². The number of hydrogen-bond donors (Lipinski definition) is 1. The highest BCUT2D eigenvalue weighted by molar-refractivity contribution is 9.10. The molecule has 1 saturated carbocycles. The highest BCUT2D eigenvalue weighted by Gasteiger charge is 2.44. The molecule has 0 saturated heterocycles. The Morgan fingerprint density at radius 1 is 1.50 bits per heavy atom. The molecule has 1 aromatic carbocycles. The predicted molar refractivity (Wildman–Crippen MR) is 79.2 cm³/mol. The van der Waals surface area contributed by atoms with Gasteiger partial charge in [-0.25, -0.2) is 0 Å². The molecule has 1 N–H and O–H groups in total. The van der Waals surface area contributed by atoms with Crippen molar-refractivity contribution in [2.45, 2.75) is 31.7 Å². The van der Waals surface area contributed by atoms with Crippen LogP contribution < -0.4 is 5.32 Å². The first-order valence-corrected chi connectivity index (χ1v) is 7.43. The Hall–Kier alpha value is -1.36. The topological polar surface area (TPSA) is 55.4 Å². The van der Waals surface area contributed by atoms with E-state index in [1.54, 1.807) is 0 Å². The number of hydrogen-bond acceptors (Lipinski definition) is 3. The standard InChI is InChI=1S/C15H18BrNO3/c1-9(6-14(18)20-2)17-15(19)13-8-12(13)10-4-3-5-11(16)7-10/h3-5,7,9,12-13H,6,8H2,1-2H3,(H,17,19)/t9-,12+,13-/m0/s1. The van der Waals surface area contributed by atoms with E-state index in [0.717, 1.165) is 10.9 Å². The zero-order valence-corrected chi connectivity index (χ0v) is 13.1. The van der Waals surface area contributed by atoms with Crippen molar-refractivity contribution >= 4 is 27.8 Å². The minimum Gasteiger partial charge on any atom is -0.469 e. The van der Waals surface area contributed by atoms with E-state index in [4.69, 9.17) is 0 Å². The summed E-state index contributed by atoms with van der Waals surface area (Å²) in [7, 11) is 1.35. The SMILES string of the molecule is COC(=O)C[C@H](C)NC(=O)[C@H]1C[C@@H]1c1cccc(Br)c1. The number of rotatable bonds is 5. The van der Waals surface area contributed by atoms with E-state index in [1.165, 1.54) is 12.7 Å². The van der Waals surface area contributed by atoms with E-state index in [9.17, 15) is 9.59 Å². The van der Waals surface area contributed by atoms with Gasteiger partial charge in [-0.3, -0.25) is 9.59 Å². The van der Waals surface area contributed by atoms with Crippen LogP contribution in [0.25, 0.3) is 0 Å². The summed E-state index contributed by atoms with van der Waals surface area (Å²) < 4.78 is 5.61. The lowest BCUT2D eigenvalue weighted by molar-refractivity contribution is -0.141. The highest BCUT2D eigenvalue weighted by atomic mass is 79.9. The average molecular weight is 340 g/mol. The number of ether oxygens (including phenoxy) is 1. The second kappa shape index (κ2) is 6.39. The number of carbonyl (C=O) groups is 2. The van der Waals surface area contributed by atoms with Crippen LogP contribution in [0.3, 0.4) is 0 Å². The van der Waals surface area contributed by atoms with Gasteiger partial charge < -0.3 is 10.1 Å². The Bertz CT molecular complexity index is 518. The maximum absolute atomic E-state index is 12.1. The number of nitrogens with one attached hydrogen (secondary N) is 1. The van der Waals surface area contributed by atoms with Crippen LogP contribution in [-0.4, -0.2) is 25.0 Å². The minimum atomic E-state index is -0.308. The average Bonchev–Trinajstić information content (AvgIpc) is 3.18. The van der Waals surface area contributed by atoms with Gasteiger partial charge in [0.05, 0.1) is 13.5 Å². The largest absolute Gasteiger partial charge is 0.469 e. The van der Waals surface area contributed by atoms with Gasteiger partial charge in [0, 0.05) is 16.4 Å². The molecule has 0 aromatic heterocycles. The summed E-state index contributed by atoms with van der Waals surface area (Å²) in [4.78, 5) is 23.2. The molecule has 20 heavy (non-hydrogen) atoms. The number of carbonyl (C=O) groups excluding carboxylic acids is 2. The van der Waals surface area contributed by atoms with Gasteiger partial charge in [-0.1, -0.05) is 28.1 Å². The first-order valence-electron chi connectivity index (χ1n) is 6.64. The molecule has 0 spiro atoms. The first-order chi connectivity index (χ1) is 9.51. The first kappa shape index (κ1) is 15.0. The third kappa shape index (κ3) is 3.82. The minimum absolute atomic E-state index is 0.0180. The molecule has 0 heterocycles. The Morgan fingerprint density at radius 2 is 2.25 bits per heavy atom. The normalized spacial score (nSPS) is 21.9. The van der Waals surface area contributed by atoms with Gasteiger partial charge in [0.2, 0.25) is 5.91 Å². The van der Waals surface area contributed by atoms with E-state index < -0.39 is 0 Å². The molecule has 108 valence electrons. The molecular formula is C15H18BrNO3. The van der Waals surface area contributed by atoms with Gasteiger partial charge in [0.15, 0.2) is 0 Å². The number of esters is 1. The quantitative estimate of drug-likeness (QED) is 0.839. The molecule has 1 amide bonds. The van der Waals surface area contributed by atoms with Crippen LogP contribution in [0.4, 0.5) is 0 Å². The Morgan fingerprint density at radius 3 is 2.90 bits per heavy atom. The van der Waals surface area contributed by atoms with Gasteiger partial charge in [0.25, 0.3) is 0 Å². The van der Waals surface area contributed by atoms with Crippen molar-refractivity contribution < 1.29 is 14.3 Å². The highest BCUT2D eigenvalue weighted by Crippen LogP contribution is 2.48. The molecular weight excluding hydrogens is 322 g/mol. The molecule has 3 atom stereocenters. The summed E-state index contributed by atoms with van der Waals surface area (Å²) in [5.74, 6) is 0.0192. The molecule has 2 rings (SSSR count). The van der Waals surface area contributed by atoms with Gasteiger partial charge in [-0.2, -0.15) is 0 Å². The zero-order valence-electron chi connectivity index (χ0n) is 11.6. The number of methoxy groups -OCH3 is 1. The third-order valence-corrected chi connectivity index (χ3v) is 3.99. The predicted octanol–water partition coefficient (Wildman–Crippen LogP) is 2.62. The van der Waals surface area contributed by atoms with E-state index in [0.29, 0.717) is 0 Å². The summed E-state index contributed by atoms with van der Waals surface area (Å²) in [5, 5.41) is 2.87. The lowest BCUT2D eigenvalue weighted by atomic mass is 10.1. The third-order valence-electron chi connectivity index (χ3n) is 3.49. The van der Waals surface area contributed by atoms with Gasteiger partial charge >= 0.3 is 5.97 Å². The molecule has 1 aromatic rings. The Labute approximate surface area is 127 Å². The van der Waals surface area contributed by atoms with Crippen molar-refractivity contribution in [1.82, 2.24) is 5.32 Å². The Balaban J connectivity index is 1.85. The fraction of sp³-hybridized carbons (Fsp3) is 0.467. The monoisotopic (exact) mass is 339 g/mol. The van der Waals surface area contributed by atoms with Crippen LogP contribution in [0.2, 0.25) is 0 Å². The summed E-state index contributed by atoms with van der Waals surface area (Å²) in [6.07, 6.45) is 1.07. The van der Waals surface area contributed by atoms with Gasteiger partial charge in [0.1, 0.15) is 0 Å². The van der Waals surface area contributed by atoms with Gasteiger partial charge in [-0.05, 0) is 37.0 Å². The summed E-state index contributed by atoms with van der Waals surface area (Å²) >= 11 is 3.44. The fourth-order valence-electron chi connectivity index (χ4n) is 2.32. The van der Waals surface area contributed by atoms with Crippen molar-refractivity contribution in [3.8, 4) is 0 Å². The Kier molecular flexibility index (Phi) is 4.81. The summed E-state index contributed by atoms with van der Waals surface area (Å²) in [6.45, 7) is 1.81. The second-order valence-corrected chi connectivity index (χ2v) is 6.11. The number of benzene rings is 1. The van der Waals surface area contributed by atoms with Crippen LogP contribution in [0, 0.1) is 5.92 Å². The van der Waals surface area contributed by atoms with E-state index >= 15 is 0 Å². The maximum Gasteiger partial charge on any atom is 0.307 e. The molecule has 0 radical (unpaired) electrons. The molecule has 0 aliphatic heterocycles. The number of halogens is 1. The van der Waals surface area contributed by atoms with E-state index in [-0.39, 0.29) is 36.2 Å². The molecule has 4 nitrogen and oxygen atoms in total. The lowest BCUT2D eigenvalue weighted by Gasteiger charge is -2.12. The zero-order chi connectivity index (χ0) is 14.7. The van der Waals surface area contributed by atoms with Crippen LogP contribution >= 0.6 is 15.9 Å². The number of amides is 1. The smallest absolute Gasteiger partial charge is 0.307 e. The van der Waals surface area contributed by atoms with Crippen molar-refractivity contribution in [2.75, 3.05) is 7.11 Å². The summed E-state index contributed by atoms with van der Waals surface area (Å²) in [5.41, 5.74) is 1.18. The van der Waals surface area contributed by atoms with E-state index in [1.807, 2.05) is 25.1 Å². The fourth-order valence-corrected chi connectivity index (χ4v) is 2.74. The van der Waals surface area contributed by atoms with Crippen LogP contribution in [-0.2, 0) is 14.3 Å². The molecule has 0 bridgehead atoms. The lowest BCUT2D eigenvalue weighted by Crippen LogP contribution is -2.35. The van der Waals surface area contributed by atoms with E-state index in [2.05, 4.69) is 32.0 Å². The molecule has 1 aliphatic carbocycles. The molecule has 1 fully saturated rings.